The minimum absolute atomic E-state index is 0.0833. The number of aryl methyl sites for hydroxylation is 2. The Bertz CT molecular complexity index is 1260. The van der Waals surface area contributed by atoms with E-state index < -0.39 is 22.5 Å². The van der Waals surface area contributed by atoms with Gasteiger partial charge in [-0.15, -0.1) is 0 Å². The van der Waals surface area contributed by atoms with E-state index in [-0.39, 0.29) is 26.7 Å². The van der Waals surface area contributed by atoms with Crippen molar-refractivity contribution < 1.29 is 13.2 Å². The van der Waals surface area contributed by atoms with E-state index in [1.807, 2.05) is 25.1 Å². The smallest absolute Gasteiger partial charge is 0.264 e. The molecular weight excluding hydrogens is 479 g/mol. The largest absolute Gasteiger partial charge is 0.348 e. The van der Waals surface area contributed by atoms with E-state index in [9.17, 15) is 13.2 Å². The number of benzene rings is 3. The van der Waals surface area contributed by atoms with Crippen molar-refractivity contribution in [1.82, 2.24) is 5.32 Å². The number of sulfonamides is 1. The molecule has 0 saturated carbocycles. The monoisotopic (exact) mass is 502 g/mol. The Hall–Kier alpha value is -2.54. The molecule has 0 fully saturated rings. The summed E-state index contributed by atoms with van der Waals surface area (Å²) in [4.78, 5) is 13.2. The Balaban J connectivity index is 1.65. The van der Waals surface area contributed by atoms with Crippen LogP contribution in [0.15, 0.2) is 71.6 Å². The van der Waals surface area contributed by atoms with Gasteiger partial charge in [-0.05, 0) is 67.6 Å². The molecule has 0 aromatic heterocycles. The second-order valence-electron chi connectivity index (χ2n) is 8.16. The molecule has 172 valence electrons. The average Bonchev–Trinajstić information content (AvgIpc) is 2.77. The maximum atomic E-state index is 13.6. The van der Waals surface area contributed by atoms with Crippen LogP contribution in [0.3, 0.4) is 0 Å². The summed E-state index contributed by atoms with van der Waals surface area (Å²) in [5, 5.41) is 3.59. The van der Waals surface area contributed by atoms with Crippen LogP contribution in [0.1, 0.15) is 35.6 Å². The van der Waals surface area contributed by atoms with E-state index >= 15 is 0 Å². The van der Waals surface area contributed by atoms with Gasteiger partial charge in [0.1, 0.15) is 6.54 Å². The number of hydrogen-bond donors (Lipinski definition) is 1. The number of fused-ring (bicyclic) bond motifs is 1. The van der Waals surface area contributed by atoms with Gasteiger partial charge in [-0.25, -0.2) is 8.42 Å². The van der Waals surface area contributed by atoms with Crippen molar-refractivity contribution in [2.75, 3.05) is 10.8 Å². The lowest BCUT2D eigenvalue weighted by molar-refractivity contribution is -0.120. The standard InChI is InChI=1S/C25H24Cl2N2O3S/c1-17-9-11-22(12-10-17)33(31,32)29(21-14-19(26)13-20(27)15-21)16-25(30)28-24-8-4-6-18-5-2-3-7-23(18)24/h2-3,5,7,9-15,24H,4,6,8,16H2,1H3,(H,28,30)/t24-/m0/s1. The van der Waals surface area contributed by atoms with Gasteiger partial charge in [-0.3, -0.25) is 9.10 Å². The SMILES string of the molecule is Cc1ccc(S(=O)(=O)N(CC(=O)N[C@H]2CCCc3ccccc32)c2cc(Cl)cc(Cl)c2)cc1. The highest BCUT2D eigenvalue weighted by Crippen LogP contribution is 2.31. The highest BCUT2D eigenvalue weighted by molar-refractivity contribution is 7.92. The van der Waals surface area contributed by atoms with Crippen LogP contribution in [0.5, 0.6) is 0 Å². The number of carbonyl (C=O) groups excluding carboxylic acids is 1. The van der Waals surface area contributed by atoms with Crippen molar-refractivity contribution in [2.45, 2.75) is 37.1 Å². The van der Waals surface area contributed by atoms with E-state index in [0.29, 0.717) is 0 Å². The second kappa shape index (κ2) is 9.75. The second-order valence-corrected chi connectivity index (χ2v) is 10.9. The van der Waals surface area contributed by atoms with Gasteiger partial charge < -0.3 is 5.32 Å². The summed E-state index contributed by atoms with van der Waals surface area (Å²) in [6.45, 7) is 1.48. The van der Waals surface area contributed by atoms with Crippen molar-refractivity contribution in [3.63, 3.8) is 0 Å². The number of nitrogens with one attached hydrogen (secondary N) is 1. The molecule has 1 atom stereocenters. The molecule has 0 aliphatic heterocycles. The number of nitrogens with zero attached hydrogens (tertiary/aromatic N) is 1. The molecule has 1 amide bonds. The van der Waals surface area contributed by atoms with E-state index in [4.69, 9.17) is 23.2 Å². The fourth-order valence-corrected chi connectivity index (χ4v) is 6.03. The summed E-state index contributed by atoms with van der Waals surface area (Å²) in [6.07, 6.45) is 2.73. The molecule has 4 rings (SSSR count). The first-order valence-corrected chi connectivity index (χ1v) is 12.9. The number of halogens is 2. The maximum Gasteiger partial charge on any atom is 0.264 e. The van der Waals surface area contributed by atoms with E-state index in [2.05, 4.69) is 11.4 Å². The molecule has 3 aromatic rings. The molecule has 5 nitrogen and oxygen atoms in total. The molecular formula is C25H24Cl2N2O3S. The Kier molecular flexibility index (Phi) is 6.98. The highest BCUT2D eigenvalue weighted by atomic mass is 35.5. The summed E-state index contributed by atoms with van der Waals surface area (Å²) in [7, 11) is -4.05. The lowest BCUT2D eigenvalue weighted by Gasteiger charge is -2.29. The molecule has 0 radical (unpaired) electrons. The molecule has 0 heterocycles. The minimum atomic E-state index is -4.05. The van der Waals surface area contributed by atoms with Crippen molar-refractivity contribution in [3.8, 4) is 0 Å². The zero-order chi connectivity index (χ0) is 23.6. The van der Waals surface area contributed by atoms with Crippen LogP contribution in [0.4, 0.5) is 5.69 Å². The minimum Gasteiger partial charge on any atom is -0.348 e. The van der Waals surface area contributed by atoms with Crippen molar-refractivity contribution in [3.05, 3.63) is 93.5 Å². The van der Waals surface area contributed by atoms with Crippen molar-refractivity contribution in [1.29, 1.82) is 0 Å². The molecule has 0 unspecified atom stereocenters. The zero-order valence-electron chi connectivity index (χ0n) is 18.1. The first-order valence-electron chi connectivity index (χ1n) is 10.7. The molecule has 33 heavy (non-hydrogen) atoms. The summed E-state index contributed by atoms with van der Waals surface area (Å²) in [6, 6.07) is 18.8. The topological polar surface area (TPSA) is 66.5 Å². The van der Waals surface area contributed by atoms with Gasteiger partial charge in [0.2, 0.25) is 5.91 Å². The van der Waals surface area contributed by atoms with Gasteiger partial charge in [0.25, 0.3) is 10.0 Å². The summed E-state index contributed by atoms with van der Waals surface area (Å²) < 4.78 is 28.2. The third-order valence-corrected chi connectivity index (χ3v) is 7.96. The van der Waals surface area contributed by atoms with Gasteiger partial charge >= 0.3 is 0 Å². The van der Waals surface area contributed by atoms with Crippen molar-refractivity contribution >= 4 is 44.8 Å². The summed E-state index contributed by atoms with van der Waals surface area (Å²) in [5.74, 6) is -0.400. The fourth-order valence-electron chi connectivity index (χ4n) is 4.11. The van der Waals surface area contributed by atoms with Crippen molar-refractivity contribution in [2.24, 2.45) is 0 Å². The van der Waals surface area contributed by atoms with Gasteiger partial charge in [0, 0.05) is 10.0 Å². The molecule has 1 N–H and O–H groups in total. The first-order chi connectivity index (χ1) is 15.7. The Morgan fingerprint density at radius 3 is 2.39 bits per heavy atom. The van der Waals surface area contributed by atoms with Gasteiger partial charge in [0.15, 0.2) is 0 Å². The van der Waals surface area contributed by atoms with E-state index in [1.165, 1.54) is 35.9 Å². The Labute approximate surface area is 204 Å². The van der Waals surface area contributed by atoms with Crippen LogP contribution < -0.4 is 9.62 Å². The Morgan fingerprint density at radius 2 is 1.70 bits per heavy atom. The number of carbonyl (C=O) groups is 1. The molecule has 1 aliphatic carbocycles. The fraction of sp³-hybridized carbons (Fsp3) is 0.240. The molecule has 0 bridgehead atoms. The van der Waals surface area contributed by atoms with E-state index in [1.54, 1.807) is 12.1 Å². The van der Waals surface area contributed by atoms with Crippen LogP contribution in [-0.4, -0.2) is 20.9 Å². The molecule has 0 spiro atoms. The number of rotatable bonds is 6. The Morgan fingerprint density at radius 1 is 1.03 bits per heavy atom. The molecule has 0 saturated heterocycles. The van der Waals surface area contributed by atoms with E-state index in [0.717, 1.165) is 34.7 Å². The van der Waals surface area contributed by atoms with Gasteiger partial charge in [0.05, 0.1) is 16.6 Å². The van der Waals surface area contributed by atoms with Crippen LogP contribution in [0.2, 0.25) is 10.0 Å². The molecule has 1 aliphatic rings. The third kappa shape index (κ3) is 5.35. The number of amides is 1. The normalized spacial score (nSPS) is 15.5. The molecule has 8 heteroatoms. The van der Waals surface area contributed by atoms with Gasteiger partial charge in [-0.2, -0.15) is 0 Å². The zero-order valence-corrected chi connectivity index (χ0v) is 20.4. The van der Waals surface area contributed by atoms with Gasteiger partial charge in [-0.1, -0.05) is 65.2 Å². The van der Waals surface area contributed by atoms with Crippen LogP contribution in [0.25, 0.3) is 0 Å². The lowest BCUT2D eigenvalue weighted by atomic mass is 9.88. The van der Waals surface area contributed by atoms with Crippen LogP contribution in [0, 0.1) is 6.92 Å². The molecule has 3 aromatic carbocycles. The van der Waals surface area contributed by atoms with Crippen LogP contribution in [-0.2, 0) is 21.2 Å². The lowest BCUT2D eigenvalue weighted by Crippen LogP contribution is -2.42. The number of hydrogen-bond acceptors (Lipinski definition) is 3. The predicted molar refractivity (Wildman–Crippen MR) is 132 cm³/mol. The maximum absolute atomic E-state index is 13.6. The number of anilines is 1. The summed E-state index contributed by atoms with van der Waals surface area (Å²) >= 11 is 12.3. The van der Waals surface area contributed by atoms with Crippen LogP contribution >= 0.6 is 23.2 Å². The third-order valence-electron chi connectivity index (χ3n) is 5.74. The first kappa shape index (κ1) is 23.6. The predicted octanol–water partition coefficient (Wildman–Crippen LogP) is 5.69. The summed E-state index contributed by atoms with van der Waals surface area (Å²) in [5.41, 5.74) is 3.45. The highest BCUT2D eigenvalue weighted by Gasteiger charge is 2.29. The average molecular weight is 503 g/mol. The quantitative estimate of drug-likeness (QED) is 0.470.